The van der Waals surface area contributed by atoms with Crippen LogP contribution >= 0.6 is 0 Å². The van der Waals surface area contributed by atoms with Gasteiger partial charge in [0.2, 0.25) is 0 Å². The van der Waals surface area contributed by atoms with Crippen LogP contribution < -0.4 is 15.4 Å². The maximum atomic E-state index is 11.3. The third-order valence-corrected chi connectivity index (χ3v) is 3.79. The van der Waals surface area contributed by atoms with Gasteiger partial charge in [-0.1, -0.05) is 19.9 Å². The molecule has 20 heavy (non-hydrogen) atoms. The number of carboxylic acid groups (broad SMARTS) is 1. The normalized spacial score (nSPS) is 19.4. The molecule has 2 atom stereocenters. The van der Waals surface area contributed by atoms with Gasteiger partial charge in [0.1, 0.15) is 17.9 Å². The fraction of sp³-hybridized carbons (Fsp3) is 0.533. The topological polar surface area (TPSA) is 75.8 Å². The highest BCUT2D eigenvalue weighted by molar-refractivity contribution is 5.79. The number of hydrogen-bond donors (Lipinski definition) is 2. The van der Waals surface area contributed by atoms with E-state index in [2.05, 4.69) is 13.8 Å². The number of carbonyl (C=O) groups is 1. The largest absolute Gasteiger partial charge is 0.486 e. The summed E-state index contributed by atoms with van der Waals surface area (Å²) in [4.78, 5) is 13.2. The molecule has 1 heterocycles. The first kappa shape index (κ1) is 14.7. The number of fused-ring (bicyclic) bond motifs is 1. The van der Waals surface area contributed by atoms with Crippen LogP contribution in [0.3, 0.4) is 0 Å². The number of hydrogen-bond acceptors (Lipinski definition) is 4. The monoisotopic (exact) mass is 278 g/mol. The van der Waals surface area contributed by atoms with Gasteiger partial charge in [-0.05, 0) is 30.5 Å². The molecule has 0 spiro atoms. The Balaban J connectivity index is 2.41. The number of aliphatic carboxylic acids is 1. The summed E-state index contributed by atoms with van der Waals surface area (Å²) >= 11 is 0. The number of nitrogens with two attached hydrogens (primary N) is 1. The summed E-state index contributed by atoms with van der Waals surface area (Å²) < 4.78 is 6.01. The molecule has 5 nitrogen and oxygen atoms in total. The summed E-state index contributed by atoms with van der Waals surface area (Å²) in [5.74, 6) is 0.211. The quantitative estimate of drug-likeness (QED) is 0.879. The number of rotatable bonds is 4. The molecule has 0 bridgehead atoms. The molecule has 2 rings (SSSR count). The van der Waals surface area contributed by atoms with E-state index in [1.54, 1.807) is 6.92 Å². The first-order valence-corrected chi connectivity index (χ1v) is 6.93. The number of ether oxygens (including phenoxy) is 1. The molecule has 1 aromatic rings. The van der Waals surface area contributed by atoms with Gasteiger partial charge < -0.3 is 20.5 Å². The van der Waals surface area contributed by atoms with E-state index in [-0.39, 0.29) is 6.10 Å². The summed E-state index contributed by atoms with van der Waals surface area (Å²) in [5.41, 5.74) is 7.47. The van der Waals surface area contributed by atoms with Crippen LogP contribution in [-0.2, 0) is 11.3 Å². The van der Waals surface area contributed by atoms with E-state index >= 15 is 0 Å². The summed E-state index contributed by atoms with van der Waals surface area (Å²) in [5, 5.41) is 9.28. The Morgan fingerprint density at radius 3 is 2.75 bits per heavy atom. The summed E-state index contributed by atoms with van der Waals surface area (Å²) in [7, 11) is 0. The molecule has 0 aromatic heterocycles. The van der Waals surface area contributed by atoms with Gasteiger partial charge in [-0.2, -0.15) is 0 Å². The van der Waals surface area contributed by atoms with E-state index in [1.807, 2.05) is 23.1 Å². The van der Waals surface area contributed by atoms with Crippen LogP contribution in [0, 0.1) is 5.92 Å². The van der Waals surface area contributed by atoms with Gasteiger partial charge in [0.05, 0.1) is 12.2 Å². The molecule has 0 radical (unpaired) electrons. The van der Waals surface area contributed by atoms with Crippen molar-refractivity contribution < 1.29 is 14.6 Å². The van der Waals surface area contributed by atoms with Crippen LogP contribution in [0.25, 0.3) is 0 Å². The number of benzene rings is 1. The van der Waals surface area contributed by atoms with E-state index in [0.29, 0.717) is 19.0 Å². The van der Waals surface area contributed by atoms with Crippen LogP contribution in [-0.4, -0.2) is 29.8 Å². The zero-order chi connectivity index (χ0) is 14.9. The lowest BCUT2D eigenvalue weighted by Gasteiger charge is -2.40. The highest BCUT2D eigenvalue weighted by Crippen LogP contribution is 2.37. The molecular formula is C15H22N2O3. The van der Waals surface area contributed by atoms with E-state index in [9.17, 15) is 9.90 Å². The van der Waals surface area contributed by atoms with Gasteiger partial charge in [-0.15, -0.1) is 0 Å². The van der Waals surface area contributed by atoms with Crippen molar-refractivity contribution >= 4 is 11.7 Å². The van der Waals surface area contributed by atoms with Crippen LogP contribution in [0.4, 0.5) is 5.69 Å². The van der Waals surface area contributed by atoms with Crippen molar-refractivity contribution in [2.24, 2.45) is 11.7 Å². The second-order valence-corrected chi connectivity index (χ2v) is 5.57. The smallest absolute Gasteiger partial charge is 0.326 e. The molecule has 0 fully saturated rings. The fourth-order valence-corrected chi connectivity index (χ4v) is 2.36. The minimum Gasteiger partial charge on any atom is -0.486 e. The Bertz CT molecular complexity index is 502. The highest BCUT2D eigenvalue weighted by Gasteiger charge is 2.32. The zero-order valence-electron chi connectivity index (χ0n) is 12.2. The van der Waals surface area contributed by atoms with Gasteiger partial charge in [-0.25, -0.2) is 4.79 Å². The second-order valence-electron chi connectivity index (χ2n) is 5.57. The molecule has 110 valence electrons. The van der Waals surface area contributed by atoms with Crippen LogP contribution in [0.5, 0.6) is 5.75 Å². The first-order valence-electron chi connectivity index (χ1n) is 6.93. The van der Waals surface area contributed by atoms with Gasteiger partial charge >= 0.3 is 5.97 Å². The van der Waals surface area contributed by atoms with Crippen LogP contribution in [0.15, 0.2) is 18.2 Å². The lowest BCUT2D eigenvalue weighted by atomic mass is 10.0. The third kappa shape index (κ3) is 2.72. The molecule has 0 saturated heterocycles. The summed E-state index contributed by atoms with van der Waals surface area (Å²) in [6.07, 6.45) is -0.0164. The molecule has 1 aliphatic heterocycles. The van der Waals surface area contributed by atoms with Crippen molar-refractivity contribution in [2.45, 2.75) is 39.5 Å². The lowest BCUT2D eigenvalue weighted by Crippen LogP contribution is -2.49. The lowest BCUT2D eigenvalue weighted by molar-refractivity contribution is -0.138. The minimum atomic E-state index is -0.830. The maximum absolute atomic E-state index is 11.3. The van der Waals surface area contributed by atoms with Gasteiger partial charge in [0, 0.05) is 6.54 Å². The van der Waals surface area contributed by atoms with Crippen LogP contribution in [0.1, 0.15) is 26.3 Å². The predicted octanol–water partition coefficient (Wildman–Crippen LogP) is 1.84. The van der Waals surface area contributed by atoms with Gasteiger partial charge in [0.25, 0.3) is 0 Å². The SMILES string of the molecule is CC(C)C1CN(C(C)C(=O)O)c2ccc(CN)cc2O1. The Labute approximate surface area is 119 Å². The Kier molecular flexibility index (Phi) is 4.18. The zero-order valence-corrected chi connectivity index (χ0v) is 12.2. The molecule has 0 aliphatic carbocycles. The number of nitrogens with zero attached hydrogens (tertiary/aromatic N) is 1. The number of carboxylic acids is 1. The molecule has 0 amide bonds. The van der Waals surface area contributed by atoms with E-state index in [4.69, 9.17) is 10.5 Å². The van der Waals surface area contributed by atoms with E-state index in [1.165, 1.54) is 0 Å². The molecule has 0 saturated carbocycles. The van der Waals surface area contributed by atoms with Crippen molar-refractivity contribution in [1.29, 1.82) is 0 Å². The van der Waals surface area contributed by atoms with Crippen molar-refractivity contribution in [3.05, 3.63) is 23.8 Å². The second kappa shape index (κ2) is 5.71. The van der Waals surface area contributed by atoms with Crippen molar-refractivity contribution in [1.82, 2.24) is 0 Å². The molecule has 1 aliphatic rings. The predicted molar refractivity (Wildman–Crippen MR) is 78.0 cm³/mol. The van der Waals surface area contributed by atoms with Crippen molar-refractivity contribution in [2.75, 3.05) is 11.4 Å². The Hall–Kier alpha value is -1.75. The van der Waals surface area contributed by atoms with Gasteiger partial charge in [0.15, 0.2) is 0 Å². The fourth-order valence-electron chi connectivity index (χ4n) is 2.36. The van der Waals surface area contributed by atoms with Crippen molar-refractivity contribution in [3.63, 3.8) is 0 Å². The summed E-state index contributed by atoms with van der Waals surface area (Å²) in [6, 6.07) is 5.14. The molecule has 3 N–H and O–H groups in total. The third-order valence-electron chi connectivity index (χ3n) is 3.79. The standard InChI is InChI=1S/C15H22N2O3/c1-9(2)14-8-17(10(3)15(18)19)12-5-4-11(7-16)6-13(12)20-14/h4-6,9-10,14H,7-8,16H2,1-3H3,(H,18,19). The van der Waals surface area contributed by atoms with Crippen LogP contribution in [0.2, 0.25) is 0 Å². The number of anilines is 1. The summed E-state index contributed by atoms with van der Waals surface area (Å²) in [6.45, 7) is 6.88. The van der Waals surface area contributed by atoms with E-state index in [0.717, 1.165) is 17.0 Å². The average molecular weight is 278 g/mol. The molecular weight excluding hydrogens is 256 g/mol. The minimum absolute atomic E-state index is 0.0164. The van der Waals surface area contributed by atoms with Gasteiger partial charge in [-0.3, -0.25) is 0 Å². The molecule has 5 heteroatoms. The average Bonchev–Trinajstić information content (AvgIpc) is 2.44. The van der Waals surface area contributed by atoms with Crippen molar-refractivity contribution in [3.8, 4) is 5.75 Å². The first-order chi connectivity index (χ1) is 9.43. The molecule has 1 aromatic carbocycles. The Morgan fingerprint density at radius 1 is 1.50 bits per heavy atom. The maximum Gasteiger partial charge on any atom is 0.326 e. The Morgan fingerprint density at radius 2 is 2.20 bits per heavy atom. The van der Waals surface area contributed by atoms with E-state index < -0.39 is 12.0 Å². The highest BCUT2D eigenvalue weighted by atomic mass is 16.5. The molecule has 2 unspecified atom stereocenters.